The first-order valence-corrected chi connectivity index (χ1v) is 10.1. The van der Waals surface area contributed by atoms with Crippen molar-refractivity contribution in [3.63, 3.8) is 0 Å². The third kappa shape index (κ3) is 3.26. The molecule has 5 rings (SSSR count). The van der Waals surface area contributed by atoms with Gasteiger partial charge in [0.1, 0.15) is 11.6 Å². The van der Waals surface area contributed by atoms with Crippen LogP contribution in [0.15, 0.2) is 66.7 Å². The molecule has 0 aliphatic carbocycles. The number of ether oxygens (including phenoxy) is 1. The minimum absolute atomic E-state index is 0.0702. The molecule has 6 heteroatoms. The largest absolute Gasteiger partial charge is 0.497 e. The minimum Gasteiger partial charge on any atom is -0.497 e. The van der Waals surface area contributed by atoms with Crippen LogP contribution in [-0.2, 0) is 4.79 Å². The Kier molecular flexibility index (Phi) is 4.55. The quantitative estimate of drug-likeness (QED) is 0.496. The molecule has 4 aromatic rings. The van der Waals surface area contributed by atoms with Crippen molar-refractivity contribution in [3.8, 4) is 11.4 Å². The molecular weight excluding hydrogens is 390 g/mol. The van der Waals surface area contributed by atoms with Crippen LogP contribution < -0.4 is 10.1 Å². The van der Waals surface area contributed by atoms with E-state index >= 15 is 0 Å². The van der Waals surface area contributed by atoms with Crippen LogP contribution in [0.4, 0.5) is 5.82 Å². The number of aryl methyl sites for hydroxylation is 1. The number of benzene rings is 3. The van der Waals surface area contributed by atoms with Crippen LogP contribution in [0.2, 0.25) is 0 Å². The number of fused-ring (bicyclic) bond motifs is 2. The minimum atomic E-state index is -0.572. The van der Waals surface area contributed by atoms with Crippen LogP contribution in [0.25, 0.3) is 16.5 Å². The molecule has 2 heterocycles. The van der Waals surface area contributed by atoms with Crippen LogP contribution in [0.1, 0.15) is 34.0 Å². The zero-order chi connectivity index (χ0) is 21.5. The normalized spacial score (nSPS) is 15.4. The summed E-state index contributed by atoms with van der Waals surface area (Å²) >= 11 is 0. The van der Waals surface area contributed by atoms with Gasteiger partial charge in [0.15, 0.2) is 5.78 Å². The van der Waals surface area contributed by atoms with Gasteiger partial charge < -0.3 is 10.1 Å². The number of hydrogen-bond donors (Lipinski definition) is 1. The molecule has 0 fully saturated rings. The zero-order valence-electron chi connectivity index (χ0n) is 17.3. The first-order valence-electron chi connectivity index (χ1n) is 10.1. The van der Waals surface area contributed by atoms with E-state index in [1.807, 2.05) is 73.7 Å². The van der Waals surface area contributed by atoms with Crippen molar-refractivity contribution in [1.82, 2.24) is 9.78 Å². The van der Waals surface area contributed by atoms with Gasteiger partial charge in [-0.05, 0) is 48.0 Å². The summed E-state index contributed by atoms with van der Waals surface area (Å²) < 4.78 is 6.91. The molecule has 0 spiro atoms. The molecule has 0 saturated carbocycles. The Hall–Kier alpha value is -3.93. The molecule has 1 aliphatic rings. The van der Waals surface area contributed by atoms with Crippen molar-refractivity contribution in [2.75, 3.05) is 12.4 Å². The standard InChI is InChI=1S/C25H21N3O3/c1-15-23-21(24(30)18-8-7-16-5-3-4-6-17(16)13-18)14-22(29)26-25(23)28(27-15)19-9-11-20(31-2)12-10-19/h3-13,21H,14H2,1-2H3,(H,26,29). The van der Waals surface area contributed by atoms with E-state index in [0.29, 0.717) is 11.4 Å². The topological polar surface area (TPSA) is 73.2 Å². The average molecular weight is 411 g/mol. The van der Waals surface area contributed by atoms with Crippen LogP contribution >= 0.6 is 0 Å². The molecule has 3 aromatic carbocycles. The van der Waals surface area contributed by atoms with Gasteiger partial charge in [0.05, 0.1) is 24.4 Å². The second-order valence-corrected chi connectivity index (χ2v) is 7.69. The number of anilines is 1. The first-order chi connectivity index (χ1) is 15.0. The van der Waals surface area contributed by atoms with Gasteiger partial charge in [-0.1, -0.05) is 36.4 Å². The Morgan fingerprint density at radius 1 is 1.06 bits per heavy atom. The van der Waals surface area contributed by atoms with E-state index in [9.17, 15) is 9.59 Å². The van der Waals surface area contributed by atoms with Crippen molar-refractivity contribution in [2.24, 2.45) is 0 Å². The number of nitrogens with one attached hydrogen (secondary N) is 1. The smallest absolute Gasteiger partial charge is 0.226 e. The Labute approximate surface area is 179 Å². The number of carbonyl (C=O) groups is 2. The molecule has 0 bridgehead atoms. The van der Waals surface area contributed by atoms with E-state index in [0.717, 1.165) is 33.5 Å². The van der Waals surface area contributed by atoms with Gasteiger partial charge in [-0.2, -0.15) is 5.10 Å². The molecule has 6 nitrogen and oxygen atoms in total. The average Bonchev–Trinajstić information content (AvgIpc) is 3.13. The number of nitrogens with zero attached hydrogens (tertiary/aromatic N) is 2. The predicted octanol–water partition coefficient (Wildman–Crippen LogP) is 4.65. The first kappa shape index (κ1) is 19.1. The highest BCUT2D eigenvalue weighted by Crippen LogP contribution is 2.38. The van der Waals surface area contributed by atoms with Gasteiger partial charge in [0, 0.05) is 17.5 Å². The second-order valence-electron chi connectivity index (χ2n) is 7.69. The van der Waals surface area contributed by atoms with E-state index in [1.165, 1.54) is 0 Å². The fraction of sp³-hybridized carbons (Fsp3) is 0.160. The lowest BCUT2D eigenvalue weighted by molar-refractivity contribution is -0.116. The summed E-state index contributed by atoms with van der Waals surface area (Å²) in [6, 6.07) is 21.0. The molecule has 1 amide bonds. The number of rotatable bonds is 4. The van der Waals surface area contributed by atoms with Gasteiger partial charge >= 0.3 is 0 Å². The third-order valence-electron chi connectivity index (χ3n) is 5.77. The number of amides is 1. The Morgan fingerprint density at radius 3 is 2.55 bits per heavy atom. The van der Waals surface area contributed by atoms with Gasteiger partial charge in [-0.25, -0.2) is 4.68 Å². The van der Waals surface area contributed by atoms with Gasteiger partial charge in [-0.3, -0.25) is 9.59 Å². The number of methoxy groups -OCH3 is 1. The number of Topliss-reactive ketones (excluding diaryl/α,β-unsaturated/α-hetero) is 1. The van der Waals surface area contributed by atoms with Crippen LogP contribution in [0.5, 0.6) is 5.75 Å². The Bertz CT molecular complexity index is 1320. The van der Waals surface area contributed by atoms with Crippen LogP contribution in [0.3, 0.4) is 0 Å². The number of carbonyl (C=O) groups excluding carboxylic acids is 2. The van der Waals surface area contributed by atoms with Crippen LogP contribution in [-0.4, -0.2) is 28.6 Å². The summed E-state index contributed by atoms with van der Waals surface area (Å²) in [7, 11) is 1.61. The highest BCUT2D eigenvalue weighted by Gasteiger charge is 2.36. The highest BCUT2D eigenvalue weighted by atomic mass is 16.5. The molecule has 1 N–H and O–H groups in total. The highest BCUT2D eigenvalue weighted by molar-refractivity contribution is 6.09. The fourth-order valence-electron chi connectivity index (χ4n) is 4.23. The van der Waals surface area contributed by atoms with Gasteiger partial charge in [0.25, 0.3) is 0 Å². The van der Waals surface area contributed by atoms with E-state index in [4.69, 9.17) is 4.74 Å². The summed E-state index contributed by atoms with van der Waals surface area (Å²) in [5, 5.41) is 9.63. The number of hydrogen-bond acceptors (Lipinski definition) is 4. The molecule has 1 aromatic heterocycles. The molecule has 31 heavy (non-hydrogen) atoms. The van der Waals surface area contributed by atoms with E-state index in [-0.39, 0.29) is 18.1 Å². The molecule has 1 aliphatic heterocycles. The summed E-state index contributed by atoms with van der Waals surface area (Å²) in [6.45, 7) is 1.87. The van der Waals surface area contributed by atoms with Crippen molar-refractivity contribution in [2.45, 2.75) is 19.3 Å². The lowest BCUT2D eigenvalue weighted by Crippen LogP contribution is -2.28. The predicted molar refractivity (Wildman–Crippen MR) is 119 cm³/mol. The SMILES string of the molecule is COc1ccc(-n2nc(C)c3c2NC(=O)CC3C(=O)c2ccc3ccccc3c2)cc1. The fourth-order valence-corrected chi connectivity index (χ4v) is 4.23. The van der Waals surface area contributed by atoms with Crippen LogP contribution in [0, 0.1) is 6.92 Å². The lowest BCUT2D eigenvalue weighted by atomic mass is 9.85. The number of ketones is 1. The maximum absolute atomic E-state index is 13.5. The molecule has 1 unspecified atom stereocenters. The van der Waals surface area contributed by atoms with Crippen molar-refractivity contribution in [3.05, 3.63) is 83.6 Å². The van der Waals surface area contributed by atoms with Crippen molar-refractivity contribution < 1.29 is 14.3 Å². The molecule has 154 valence electrons. The Balaban J connectivity index is 1.58. The molecule has 0 radical (unpaired) electrons. The monoisotopic (exact) mass is 411 g/mol. The molecular formula is C25H21N3O3. The van der Waals surface area contributed by atoms with Crippen molar-refractivity contribution in [1.29, 1.82) is 0 Å². The third-order valence-corrected chi connectivity index (χ3v) is 5.77. The van der Waals surface area contributed by atoms with Crippen molar-refractivity contribution >= 4 is 28.3 Å². The lowest BCUT2D eigenvalue weighted by Gasteiger charge is -2.23. The van der Waals surface area contributed by atoms with E-state index < -0.39 is 5.92 Å². The maximum atomic E-state index is 13.5. The molecule has 1 atom stereocenters. The number of aromatic nitrogens is 2. The summed E-state index contributed by atoms with van der Waals surface area (Å²) in [5.41, 5.74) is 2.88. The second kappa shape index (κ2) is 7.40. The summed E-state index contributed by atoms with van der Waals surface area (Å²) in [5.74, 6) is 0.449. The van der Waals surface area contributed by atoms with E-state index in [1.54, 1.807) is 11.8 Å². The summed E-state index contributed by atoms with van der Waals surface area (Å²) in [6.07, 6.45) is 0.105. The Morgan fingerprint density at radius 2 is 1.81 bits per heavy atom. The summed E-state index contributed by atoms with van der Waals surface area (Å²) in [4.78, 5) is 26.1. The molecule has 0 saturated heterocycles. The maximum Gasteiger partial charge on any atom is 0.226 e. The zero-order valence-corrected chi connectivity index (χ0v) is 17.3. The van der Waals surface area contributed by atoms with E-state index in [2.05, 4.69) is 10.4 Å². The van der Waals surface area contributed by atoms with Gasteiger partial charge in [-0.15, -0.1) is 0 Å². The van der Waals surface area contributed by atoms with Gasteiger partial charge in [0.2, 0.25) is 5.91 Å².